The van der Waals surface area contributed by atoms with Crippen molar-refractivity contribution in [1.29, 1.82) is 0 Å². The molecule has 4 aromatic rings. The van der Waals surface area contributed by atoms with Crippen LogP contribution < -0.4 is 15.4 Å². The number of thiophene rings is 1. The molecule has 2 aromatic heterocycles. The number of anilines is 2. The van der Waals surface area contributed by atoms with Gasteiger partial charge in [-0.3, -0.25) is 19.5 Å². The van der Waals surface area contributed by atoms with E-state index in [-0.39, 0.29) is 17.1 Å². The summed E-state index contributed by atoms with van der Waals surface area (Å²) in [5, 5.41) is 1.86. The van der Waals surface area contributed by atoms with Gasteiger partial charge in [-0.25, -0.2) is 8.78 Å². The van der Waals surface area contributed by atoms with Crippen molar-refractivity contribution in [3.8, 4) is 11.5 Å². The van der Waals surface area contributed by atoms with Crippen molar-refractivity contribution >= 4 is 44.7 Å². The van der Waals surface area contributed by atoms with Gasteiger partial charge in [-0.15, -0.1) is 11.3 Å². The Balaban J connectivity index is 1.52. The fourth-order valence-corrected chi connectivity index (χ4v) is 4.44. The number of amides is 2. The van der Waals surface area contributed by atoms with Gasteiger partial charge in [-0.05, 0) is 60.7 Å². The maximum Gasteiger partial charge on any atom is 0.247 e. The Hall–Kier alpha value is -3.85. The first-order chi connectivity index (χ1) is 15.9. The van der Waals surface area contributed by atoms with Crippen molar-refractivity contribution in [3.63, 3.8) is 0 Å². The fraction of sp³-hybridized carbons (Fsp3) is 0.125. The zero-order chi connectivity index (χ0) is 23.2. The van der Waals surface area contributed by atoms with Crippen LogP contribution in [0, 0.1) is 17.0 Å². The summed E-state index contributed by atoms with van der Waals surface area (Å²) in [6.45, 7) is 0. The van der Waals surface area contributed by atoms with Gasteiger partial charge in [-0.2, -0.15) is 0 Å². The predicted molar refractivity (Wildman–Crippen MR) is 121 cm³/mol. The lowest BCUT2D eigenvalue weighted by Gasteiger charge is -2.26. The molecule has 0 unspecified atom stereocenters. The average molecular weight is 465 g/mol. The van der Waals surface area contributed by atoms with Crippen LogP contribution in [0.1, 0.15) is 12.8 Å². The number of ether oxygens (including phenoxy) is 1. The number of hydrogen-bond acceptors (Lipinski definition) is 5. The third kappa shape index (κ3) is 3.70. The highest BCUT2D eigenvalue weighted by molar-refractivity contribution is 7.17. The summed E-state index contributed by atoms with van der Waals surface area (Å²) in [6, 6.07) is 12.7. The SMILES string of the molecule is NC(=O)C1(C(=O)N(c2ccc(F)cc2)c2ccc(Oc3ccnc4ccsc34)c(F)c2)CC1. The van der Waals surface area contributed by atoms with Crippen molar-refractivity contribution in [3.05, 3.63) is 77.8 Å². The lowest BCUT2D eigenvalue weighted by atomic mass is 10.0. The van der Waals surface area contributed by atoms with E-state index in [1.807, 2.05) is 11.4 Å². The zero-order valence-electron chi connectivity index (χ0n) is 17.1. The highest BCUT2D eigenvalue weighted by atomic mass is 32.1. The van der Waals surface area contributed by atoms with Crippen molar-refractivity contribution in [1.82, 2.24) is 4.98 Å². The minimum Gasteiger partial charge on any atom is -0.453 e. The van der Waals surface area contributed by atoms with Crippen LogP contribution in [0.3, 0.4) is 0 Å². The van der Waals surface area contributed by atoms with Crippen LogP contribution in [-0.2, 0) is 9.59 Å². The molecule has 0 radical (unpaired) electrons. The molecule has 0 saturated heterocycles. The van der Waals surface area contributed by atoms with Gasteiger partial charge >= 0.3 is 0 Å². The van der Waals surface area contributed by atoms with Crippen LogP contribution in [0.25, 0.3) is 10.2 Å². The molecule has 2 heterocycles. The van der Waals surface area contributed by atoms with Crippen LogP contribution >= 0.6 is 11.3 Å². The maximum atomic E-state index is 15.1. The van der Waals surface area contributed by atoms with Crippen molar-refractivity contribution in [2.75, 3.05) is 4.90 Å². The van der Waals surface area contributed by atoms with Gasteiger partial charge < -0.3 is 10.5 Å². The van der Waals surface area contributed by atoms with E-state index < -0.39 is 28.9 Å². The van der Waals surface area contributed by atoms with Crippen molar-refractivity contribution in [2.45, 2.75) is 12.8 Å². The van der Waals surface area contributed by atoms with Gasteiger partial charge in [0.05, 0.1) is 15.9 Å². The van der Waals surface area contributed by atoms with Crippen LogP contribution in [0.15, 0.2) is 66.2 Å². The highest BCUT2D eigenvalue weighted by Crippen LogP contribution is 2.49. The molecule has 1 fully saturated rings. The quantitative estimate of drug-likeness (QED) is 0.392. The summed E-state index contributed by atoms with van der Waals surface area (Å²) >= 11 is 1.42. The number of carbonyl (C=O) groups is 2. The van der Waals surface area contributed by atoms with E-state index in [1.54, 1.807) is 12.3 Å². The number of pyridine rings is 1. The van der Waals surface area contributed by atoms with E-state index in [0.717, 1.165) is 16.3 Å². The summed E-state index contributed by atoms with van der Waals surface area (Å²) in [5.74, 6) is -2.10. The number of nitrogens with zero attached hydrogens (tertiary/aromatic N) is 2. The monoisotopic (exact) mass is 465 g/mol. The molecule has 0 spiro atoms. The Kier molecular flexibility index (Phi) is 5.05. The first-order valence-electron chi connectivity index (χ1n) is 10.1. The highest BCUT2D eigenvalue weighted by Gasteiger charge is 2.57. The number of carbonyl (C=O) groups excluding carboxylic acids is 2. The summed E-state index contributed by atoms with van der Waals surface area (Å²) in [5.41, 5.74) is 5.33. The lowest BCUT2D eigenvalue weighted by molar-refractivity contribution is -0.133. The molecular weight excluding hydrogens is 448 g/mol. The normalized spacial score (nSPS) is 14.1. The molecule has 0 aliphatic heterocycles. The van der Waals surface area contributed by atoms with E-state index in [0.29, 0.717) is 18.6 Å². The van der Waals surface area contributed by atoms with E-state index in [1.165, 1.54) is 52.6 Å². The number of hydrogen-bond donors (Lipinski definition) is 1. The first kappa shape index (κ1) is 21.0. The van der Waals surface area contributed by atoms with E-state index >= 15 is 4.39 Å². The molecule has 1 aliphatic rings. The number of primary amides is 1. The minimum absolute atomic E-state index is 0.0396. The van der Waals surface area contributed by atoms with Crippen LogP contribution in [0.4, 0.5) is 20.2 Å². The minimum atomic E-state index is -1.35. The maximum absolute atomic E-state index is 15.1. The molecule has 2 N–H and O–H groups in total. The molecule has 1 saturated carbocycles. The van der Waals surface area contributed by atoms with Crippen LogP contribution in [-0.4, -0.2) is 16.8 Å². The summed E-state index contributed by atoms with van der Waals surface area (Å²) in [4.78, 5) is 30.7. The second kappa shape index (κ2) is 7.93. The van der Waals surface area contributed by atoms with E-state index in [2.05, 4.69) is 4.98 Å². The fourth-order valence-electron chi connectivity index (χ4n) is 3.64. The molecule has 9 heteroatoms. The van der Waals surface area contributed by atoms with Gasteiger partial charge in [0.25, 0.3) is 0 Å². The van der Waals surface area contributed by atoms with Gasteiger partial charge in [-0.1, -0.05) is 0 Å². The Morgan fingerprint density at radius 3 is 2.39 bits per heavy atom. The number of nitrogens with two attached hydrogens (primary N) is 1. The number of aromatic nitrogens is 1. The smallest absolute Gasteiger partial charge is 0.247 e. The van der Waals surface area contributed by atoms with Gasteiger partial charge in [0.1, 0.15) is 17.0 Å². The van der Waals surface area contributed by atoms with Crippen LogP contribution in [0.2, 0.25) is 0 Å². The molecule has 2 aromatic carbocycles. The molecule has 0 bridgehead atoms. The Labute approximate surface area is 191 Å². The summed E-state index contributed by atoms with van der Waals surface area (Å²) in [6.07, 6.45) is 2.19. The topological polar surface area (TPSA) is 85.5 Å². The number of rotatable bonds is 6. The second-order valence-electron chi connectivity index (χ2n) is 7.72. The van der Waals surface area contributed by atoms with E-state index in [9.17, 15) is 14.0 Å². The number of benzene rings is 2. The first-order valence-corrected chi connectivity index (χ1v) is 11.0. The third-order valence-electron chi connectivity index (χ3n) is 5.62. The Morgan fingerprint density at radius 2 is 1.73 bits per heavy atom. The molecular formula is C24H17F2N3O3S. The third-order valence-corrected chi connectivity index (χ3v) is 6.54. The largest absolute Gasteiger partial charge is 0.453 e. The Morgan fingerprint density at radius 1 is 1.00 bits per heavy atom. The standard InChI is InChI=1S/C24H17F2N3O3S/c25-14-1-3-15(4-2-14)29(23(31)24(9-10-24)22(27)30)16-5-6-19(17(26)13-16)32-20-7-11-28-18-8-12-33-21(18)20/h1-8,11-13H,9-10H2,(H2,27,30). The van der Waals surface area contributed by atoms with Gasteiger partial charge in [0.2, 0.25) is 11.8 Å². The molecule has 6 nitrogen and oxygen atoms in total. The summed E-state index contributed by atoms with van der Waals surface area (Å²) in [7, 11) is 0. The van der Waals surface area contributed by atoms with Gasteiger partial charge in [0.15, 0.2) is 11.6 Å². The molecule has 2 amide bonds. The molecule has 33 heavy (non-hydrogen) atoms. The van der Waals surface area contributed by atoms with Crippen LogP contribution in [0.5, 0.6) is 11.5 Å². The molecule has 5 rings (SSSR count). The van der Waals surface area contributed by atoms with E-state index in [4.69, 9.17) is 10.5 Å². The summed E-state index contributed by atoms with van der Waals surface area (Å²) < 4.78 is 35.2. The second-order valence-corrected chi connectivity index (χ2v) is 8.64. The molecule has 1 aliphatic carbocycles. The lowest BCUT2D eigenvalue weighted by Crippen LogP contribution is -2.41. The van der Waals surface area contributed by atoms with Crippen molar-refractivity contribution < 1.29 is 23.1 Å². The molecule has 0 atom stereocenters. The number of halogens is 2. The van der Waals surface area contributed by atoms with Crippen molar-refractivity contribution in [2.24, 2.45) is 11.1 Å². The number of fused-ring (bicyclic) bond motifs is 1. The Bertz CT molecular complexity index is 1380. The zero-order valence-corrected chi connectivity index (χ0v) is 17.9. The molecule has 166 valence electrons. The predicted octanol–water partition coefficient (Wildman–Crippen LogP) is 5.30. The average Bonchev–Trinajstić information content (AvgIpc) is 3.48. The van der Waals surface area contributed by atoms with Gasteiger partial charge in [0, 0.05) is 24.0 Å².